The number of carbonyl (C=O) groups is 3. The predicted octanol–water partition coefficient (Wildman–Crippen LogP) is 0.910. The predicted molar refractivity (Wildman–Crippen MR) is 127 cm³/mol. The lowest BCUT2D eigenvalue weighted by Crippen LogP contribution is -2.71. The Hall–Kier alpha value is -3.43. The lowest BCUT2D eigenvalue weighted by atomic mass is 10.0. The first-order valence-electron chi connectivity index (χ1n) is 9.55. The van der Waals surface area contributed by atoms with Gasteiger partial charge in [0.2, 0.25) is 0 Å². The van der Waals surface area contributed by atoms with Gasteiger partial charge in [-0.15, -0.1) is 23.1 Å². The fourth-order valence-electron chi connectivity index (χ4n) is 3.20. The van der Waals surface area contributed by atoms with Gasteiger partial charge in [-0.05, 0) is 23.1 Å². The quantitative estimate of drug-likeness (QED) is 0.149. The molecule has 34 heavy (non-hydrogen) atoms. The van der Waals surface area contributed by atoms with E-state index < -0.39 is 29.2 Å². The van der Waals surface area contributed by atoms with Crippen LogP contribution in [0.25, 0.3) is 0 Å². The standard InChI is InChI=1S/C19H17N7O5S3/c1-31-25-11(10-8-34-18(20)23-10)14(27)24-12-15(28)26-13(17(29)30)9(7-33-16(12)26)3-6-32-19-21-4-2-5-22-19/h2-6,8,12,16H,7H2,1H3,(H2,20,23)(H,24,27)(H,29,30). The van der Waals surface area contributed by atoms with E-state index in [0.29, 0.717) is 16.5 Å². The summed E-state index contributed by atoms with van der Waals surface area (Å²) in [5, 5.41) is 19.5. The number of hydrogen-bond donors (Lipinski definition) is 3. The second-order valence-electron chi connectivity index (χ2n) is 6.69. The Morgan fingerprint density at radius 3 is 2.82 bits per heavy atom. The zero-order valence-electron chi connectivity index (χ0n) is 17.4. The molecule has 4 rings (SSSR count). The maximum Gasteiger partial charge on any atom is 0.352 e. The molecule has 0 aromatic carbocycles. The van der Waals surface area contributed by atoms with Gasteiger partial charge in [0.1, 0.15) is 29.9 Å². The summed E-state index contributed by atoms with van der Waals surface area (Å²) in [6.07, 6.45) is 4.83. The SMILES string of the molecule is CON=C(C(=O)NC1C(=O)N2C(C(=O)O)=C(C=CSc3ncccn3)CSC12)c1csc(N)n1. The number of anilines is 1. The zero-order chi connectivity index (χ0) is 24.2. The Morgan fingerprint density at radius 2 is 2.18 bits per heavy atom. The summed E-state index contributed by atoms with van der Waals surface area (Å²) in [7, 11) is 1.28. The van der Waals surface area contributed by atoms with Crippen LogP contribution in [-0.4, -0.2) is 72.7 Å². The van der Waals surface area contributed by atoms with Crippen molar-refractivity contribution in [1.29, 1.82) is 0 Å². The third kappa shape index (κ3) is 4.76. The van der Waals surface area contributed by atoms with E-state index in [1.807, 2.05) is 0 Å². The van der Waals surface area contributed by atoms with Gasteiger partial charge in [0, 0.05) is 23.5 Å². The summed E-state index contributed by atoms with van der Waals surface area (Å²) in [6, 6.07) is 0.764. The number of carboxylic acids is 1. The number of oxime groups is 1. The highest BCUT2D eigenvalue weighted by Crippen LogP contribution is 2.41. The van der Waals surface area contributed by atoms with Crippen LogP contribution in [0.2, 0.25) is 0 Å². The van der Waals surface area contributed by atoms with Gasteiger partial charge in [-0.1, -0.05) is 16.9 Å². The number of nitrogens with one attached hydrogen (secondary N) is 1. The third-order valence-electron chi connectivity index (χ3n) is 4.63. The highest BCUT2D eigenvalue weighted by molar-refractivity contribution is 8.02. The maximum atomic E-state index is 12.9. The van der Waals surface area contributed by atoms with Crippen molar-refractivity contribution in [2.75, 3.05) is 18.6 Å². The van der Waals surface area contributed by atoms with Crippen LogP contribution in [0.3, 0.4) is 0 Å². The average Bonchev–Trinajstić information content (AvgIpc) is 3.26. The Bertz CT molecular complexity index is 1210. The van der Waals surface area contributed by atoms with E-state index in [0.717, 1.165) is 11.3 Å². The van der Waals surface area contributed by atoms with Gasteiger partial charge in [0.05, 0.1) is 0 Å². The number of carboxylic acid groups (broad SMARTS) is 1. The zero-order valence-corrected chi connectivity index (χ0v) is 19.9. The molecule has 12 nitrogen and oxygen atoms in total. The Morgan fingerprint density at radius 1 is 1.41 bits per heavy atom. The molecule has 15 heteroatoms. The normalized spacial score (nSPS) is 20.2. The molecule has 2 aliphatic rings. The fraction of sp³-hybridized carbons (Fsp3) is 0.211. The maximum absolute atomic E-state index is 12.9. The van der Waals surface area contributed by atoms with Gasteiger partial charge >= 0.3 is 5.97 Å². The molecule has 0 aliphatic carbocycles. The van der Waals surface area contributed by atoms with Crippen molar-refractivity contribution in [2.24, 2.45) is 5.16 Å². The number of β-lactam (4-membered cyclic amide) rings is 1. The number of nitrogens with zero attached hydrogens (tertiary/aromatic N) is 5. The topological polar surface area (TPSA) is 173 Å². The molecule has 2 aliphatic heterocycles. The Kier molecular flexibility index (Phi) is 7.14. The van der Waals surface area contributed by atoms with Gasteiger partial charge in [0.15, 0.2) is 16.0 Å². The second-order valence-corrected chi connectivity index (χ2v) is 9.55. The minimum Gasteiger partial charge on any atom is -0.477 e. The molecule has 1 saturated heterocycles. The molecular weight excluding hydrogens is 502 g/mol. The minimum atomic E-state index is -1.23. The molecule has 0 bridgehead atoms. The molecule has 2 unspecified atom stereocenters. The number of aliphatic carboxylic acids is 1. The number of rotatable bonds is 8. The van der Waals surface area contributed by atoms with Gasteiger partial charge in [-0.2, -0.15) is 0 Å². The molecule has 4 N–H and O–H groups in total. The van der Waals surface area contributed by atoms with E-state index in [-0.39, 0.29) is 22.2 Å². The van der Waals surface area contributed by atoms with Crippen LogP contribution in [0.5, 0.6) is 0 Å². The smallest absolute Gasteiger partial charge is 0.352 e. The summed E-state index contributed by atoms with van der Waals surface area (Å²) in [5.74, 6) is -2.13. The molecule has 2 aromatic rings. The summed E-state index contributed by atoms with van der Waals surface area (Å²) < 4.78 is 0. The molecule has 0 saturated carbocycles. The number of allylic oxidation sites excluding steroid dienone is 1. The van der Waals surface area contributed by atoms with Crippen LogP contribution in [0.15, 0.2) is 56.9 Å². The van der Waals surface area contributed by atoms with Crippen LogP contribution < -0.4 is 11.1 Å². The van der Waals surface area contributed by atoms with Gasteiger partial charge < -0.3 is 21.0 Å². The average molecular weight is 520 g/mol. The van der Waals surface area contributed by atoms with Crippen LogP contribution in [0.1, 0.15) is 5.69 Å². The largest absolute Gasteiger partial charge is 0.477 e. The molecular formula is C19H17N7O5S3. The van der Waals surface area contributed by atoms with Crippen molar-refractivity contribution < 1.29 is 24.3 Å². The number of hydrogen-bond acceptors (Lipinski definition) is 12. The number of thiazole rings is 1. The summed E-state index contributed by atoms with van der Waals surface area (Å²) in [5.41, 5.74) is 6.04. The molecule has 176 valence electrons. The third-order valence-corrected chi connectivity index (χ3v) is 7.30. The monoisotopic (exact) mass is 519 g/mol. The van der Waals surface area contributed by atoms with E-state index in [9.17, 15) is 19.5 Å². The van der Waals surface area contributed by atoms with E-state index in [1.54, 1.807) is 35.3 Å². The highest BCUT2D eigenvalue weighted by Gasteiger charge is 2.54. The molecule has 2 atom stereocenters. The van der Waals surface area contributed by atoms with Gasteiger partial charge in [-0.3, -0.25) is 14.5 Å². The van der Waals surface area contributed by atoms with Gasteiger partial charge in [-0.25, -0.2) is 19.7 Å². The fourth-order valence-corrected chi connectivity index (χ4v) is 5.66. The van der Waals surface area contributed by atoms with Crippen molar-refractivity contribution in [3.63, 3.8) is 0 Å². The number of amides is 2. The Balaban J connectivity index is 1.49. The van der Waals surface area contributed by atoms with Crippen molar-refractivity contribution in [1.82, 2.24) is 25.2 Å². The minimum absolute atomic E-state index is 0.122. The number of fused-ring (bicyclic) bond motifs is 1. The first-order chi connectivity index (χ1) is 16.4. The van der Waals surface area contributed by atoms with Crippen molar-refractivity contribution in [3.8, 4) is 0 Å². The van der Waals surface area contributed by atoms with Crippen LogP contribution >= 0.6 is 34.9 Å². The lowest BCUT2D eigenvalue weighted by Gasteiger charge is -2.49. The Labute approximate surface area is 205 Å². The molecule has 4 heterocycles. The highest BCUT2D eigenvalue weighted by atomic mass is 32.2. The number of carbonyl (C=O) groups excluding carboxylic acids is 2. The molecule has 0 spiro atoms. The molecule has 0 radical (unpaired) electrons. The van der Waals surface area contributed by atoms with Crippen molar-refractivity contribution in [3.05, 3.63) is 52.3 Å². The summed E-state index contributed by atoms with van der Waals surface area (Å²) >= 11 is 3.69. The van der Waals surface area contributed by atoms with Crippen molar-refractivity contribution in [2.45, 2.75) is 16.6 Å². The van der Waals surface area contributed by atoms with E-state index in [2.05, 4.69) is 25.4 Å². The first kappa shape index (κ1) is 23.7. The number of thioether (sulfide) groups is 2. The molecule has 1 fully saturated rings. The van der Waals surface area contributed by atoms with Crippen LogP contribution in [0.4, 0.5) is 5.13 Å². The number of aromatic nitrogens is 3. The van der Waals surface area contributed by atoms with Crippen molar-refractivity contribution >= 4 is 63.5 Å². The summed E-state index contributed by atoms with van der Waals surface area (Å²) in [4.78, 5) is 55.7. The second kappa shape index (κ2) is 10.2. The first-order valence-corrected chi connectivity index (χ1v) is 12.4. The van der Waals surface area contributed by atoms with E-state index in [1.165, 1.54) is 35.5 Å². The van der Waals surface area contributed by atoms with Crippen LogP contribution in [-0.2, 0) is 19.2 Å². The van der Waals surface area contributed by atoms with E-state index >= 15 is 0 Å². The molecule has 2 aromatic heterocycles. The molecule has 2 amide bonds. The van der Waals surface area contributed by atoms with Gasteiger partial charge in [0.25, 0.3) is 11.8 Å². The summed E-state index contributed by atoms with van der Waals surface area (Å²) in [6.45, 7) is 0. The number of nitrogen functional groups attached to an aromatic ring is 1. The lowest BCUT2D eigenvalue weighted by molar-refractivity contribution is -0.150. The van der Waals surface area contributed by atoms with Crippen LogP contribution in [0, 0.1) is 0 Å². The van der Waals surface area contributed by atoms with E-state index in [4.69, 9.17) is 10.6 Å². The number of nitrogens with two attached hydrogens (primary N) is 1.